The summed E-state index contributed by atoms with van der Waals surface area (Å²) >= 11 is 21.8. The van der Waals surface area contributed by atoms with Gasteiger partial charge in [0, 0.05) is 0 Å². The second-order valence-electron chi connectivity index (χ2n) is 1.66. The van der Waals surface area contributed by atoms with E-state index in [1.54, 1.807) is 0 Å². The molecule has 0 N–H and O–H groups in total. The highest BCUT2D eigenvalue weighted by molar-refractivity contribution is 6.38. The van der Waals surface area contributed by atoms with E-state index in [2.05, 4.69) is 13.2 Å². The molecule has 0 spiro atoms. The van der Waals surface area contributed by atoms with Crippen LogP contribution in [0, 0.1) is 0 Å². The zero-order valence-corrected chi connectivity index (χ0v) is 8.51. The van der Waals surface area contributed by atoms with Gasteiger partial charge in [-0.25, -0.2) is 0 Å². The molecule has 0 aliphatic carbocycles. The molecule has 0 rings (SSSR count). The maximum Gasteiger partial charge on any atom is 0.168 e. The molecule has 0 aliphatic rings. The Morgan fingerprint density at radius 2 is 1.27 bits per heavy atom. The Balaban J connectivity index is 3.84. The quantitative estimate of drug-likeness (QED) is 0.677. The molecule has 0 saturated heterocycles. The Bertz CT molecular complexity index is 150. The molecule has 64 valence electrons. The summed E-state index contributed by atoms with van der Waals surface area (Å²) in [5, 5.41) is 0.297. The van der Waals surface area contributed by atoms with Crippen molar-refractivity contribution in [2.24, 2.45) is 0 Å². The Labute approximate surface area is 85.5 Å². The van der Waals surface area contributed by atoms with E-state index >= 15 is 0 Å². The van der Waals surface area contributed by atoms with Gasteiger partial charge < -0.3 is 4.74 Å². The van der Waals surface area contributed by atoms with Gasteiger partial charge in [0.15, 0.2) is 11.1 Å². The van der Waals surface area contributed by atoms with E-state index in [-0.39, 0.29) is 10.1 Å². The van der Waals surface area contributed by atoms with Crippen molar-refractivity contribution in [1.29, 1.82) is 0 Å². The van der Waals surface area contributed by atoms with Crippen molar-refractivity contribution in [3.8, 4) is 0 Å². The molecular formula is C6H6Cl4O. The zero-order chi connectivity index (χ0) is 9.02. The van der Waals surface area contributed by atoms with Crippen LogP contribution in [0.2, 0.25) is 0 Å². The van der Waals surface area contributed by atoms with Crippen LogP contribution in [0.4, 0.5) is 0 Å². The summed E-state index contributed by atoms with van der Waals surface area (Å²) in [6.45, 7) is 6.69. The van der Waals surface area contributed by atoms with E-state index in [0.29, 0.717) is 0 Å². The average molecular weight is 236 g/mol. The highest BCUT2D eigenvalue weighted by Gasteiger charge is 2.14. The first kappa shape index (κ1) is 11.6. The monoisotopic (exact) mass is 234 g/mol. The van der Waals surface area contributed by atoms with Crippen molar-refractivity contribution in [3.05, 3.63) is 23.2 Å². The minimum absolute atomic E-state index is 0.148. The van der Waals surface area contributed by atoms with Crippen LogP contribution in [0.1, 0.15) is 0 Å². The predicted octanol–water partition coefficient (Wildman–Crippen LogP) is 3.64. The van der Waals surface area contributed by atoms with E-state index in [1.807, 2.05) is 0 Å². The van der Waals surface area contributed by atoms with Crippen molar-refractivity contribution in [2.75, 3.05) is 0 Å². The van der Waals surface area contributed by atoms with Crippen molar-refractivity contribution < 1.29 is 4.74 Å². The molecule has 0 aromatic rings. The largest absolute Gasteiger partial charge is 0.333 e. The fourth-order valence-corrected chi connectivity index (χ4v) is 0.614. The molecule has 0 bridgehead atoms. The summed E-state index contributed by atoms with van der Waals surface area (Å²) in [4.78, 5) is 0. The lowest BCUT2D eigenvalue weighted by Gasteiger charge is -2.13. The van der Waals surface area contributed by atoms with Crippen molar-refractivity contribution in [2.45, 2.75) is 11.1 Å². The van der Waals surface area contributed by atoms with E-state index in [0.717, 1.165) is 0 Å². The van der Waals surface area contributed by atoms with E-state index in [9.17, 15) is 0 Å². The molecule has 0 saturated carbocycles. The first-order valence-corrected chi connectivity index (χ1v) is 4.20. The molecule has 2 atom stereocenters. The predicted molar refractivity (Wildman–Crippen MR) is 50.4 cm³/mol. The van der Waals surface area contributed by atoms with Gasteiger partial charge in [-0.05, 0) is 0 Å². The van der Waals surface area contributed by atoms with Gasteiger partial charge >= 0.3 is 0 Å². The molecule has 0 aromatic heterocycles. The third kappa shape index (κ3) is 4.94. The maximum absolute atomic E-state index is 5.52. The van der Waals surface area contributed by atoms with Gasteiger partial charge in [0.05, 0.1) is 10.1 Å². The van der Waals surface area contributed by atoms with E-state index < -0.39 is 11.1 Å². The Kier molecular flexibility index (Phi) is 5.57. The van der Waals surface area contributed by atoms with Crippen LogP contribution >= 0.6 is 46.4 Å². The molecule has 11 heavy (non-hydrogen) atoms. The van der Waals surface area contributed by atoms with Crippen LogP contribution in [0.15, 0.2) is 23.2 Å². The molecule has 0 aliphatic heterocycles. The SMILES string of the molecule is C=C(Cl)C(Cl)OC(Cl)C(=C)Cl. The summed E-state index contributed by atoms with van der Waals surface area (Å²) in [7, 11) is 0. The molecule has 0 amide bonds. The van der Waals surface area contributed by atoms with E-state index in [1.165, 1.54) is 0 Å². The lowest BCUT2D eigenvalue weighted by Crippen LogP contribution is -2.12. The van der Waals surface area contributed by atoms with Crippen LogP contribution < -0.4 is 0 Å². The van der Waals surface area contributed by atoms with E-state index in [4.69, 9.17) is 51.1 Å². The number of halogens is 4. The minimum atomic E-state index is -0.852. The molecule has 0 aromatic carbocycles. The third-order valence-corrected chi connectivity index (χ3v) is 2.08. The fraction of sp³-hybridized carbons (Fsp3) is 0.333. The molecule has 0 fully saturated rings. The molecular weight excluding hydrogens is 230 g/mol. The summed E-state index contributed by atoms with van der Waals surface area (Å²) in [6, 6.07) is 0. The standard InChI is InChI=1S/C6H6Cl4O/c1-3(7)5(9)11-6(10)4(2)8/h5-6H,1-2H2. The summed E-state index contributed by atoms with van der Waals surface area (Å²) < 4.78 is 4.84. The number of alkyl halides is 2. The molecule has 2 unspecified atom stereocenters. The lowest BCUT2D eigenvalue weighted by atomic mass is 10.6. The topological polar surface area (TPSA) is 9.23 Å². The second-order valence-corrected chi connectivity index (χ2v) is 3.43. The smallest absolute Gasteiger partial charge is 0.168 e. The first-order valence-electron chi connectivity index (χ1n) is 2.57. The number of ether oxygens (including phenoxy) is 1. The molecule has 0 radical (unpaired) electrons. The van der Waals surface area contributed by atoms with Crippen LogP contribution in [0.3, 0.4) is 0 Å². The van der Waals surface area contributed by atoms with Crippen molar-refractivity contribution in [1.82, 2.24) is 0 Å². The summed E-state index contributed by atoms with van der Waals surface area (Å²) in [5.74, 6) is 0. The van der Waals surface area contributed by atoms with Crippen molar-refractivity contribution >= 4 is 46.4 Å². The van der Waals surface area contributed by atoms with Crippen LogP contribution in [-0.2, 0) is 4.74 Å². The van der Waals surface area contributed by atoms with Crippen molar-refractivity contribution in [3.63, 3.8) is 0 Å². The highest BCUT2D eigenvalue weighted by Crippen LogP contribution is 2.21. The van der Waals surface area contributed by atoms with Gasteiger partial charge in [0.2, 0.25) is 0 Å². The fourth-order valence-electron chi connectivity index (χ4n) is 0.253. The summed E-state index contributed by atoms with van der Waals surface area (Å²) in [6.07, 6.45) is 0. The van der Waals surface area contributed by atoms with Crippen LogP contribution in [-0.4, -0.2) is 11.1 Å². The Morgan fingerprint density at radius 1 is 1.00 bits per heavy atom. The number of hydrogen-bond acceptors (Lipinski definition) is 1. The first-order chi connectivity index (χ1) is 4.95. The maximum atomic E-state index is 5.52. The number of rotatable bonds is 4. The van der Waals surface area contributed by atoms with Gasteiger partial charge in [-0.15, -0.1) is 0 Å². The normalized spacial score (nSPS) is 15.6. The molecule has 1 nitrogen and oxygen atoms in total. The molecule has 5 heteroatoms. The second kappa shape index (κ2) is 5.28. The van der Waals surface area contributed by atoms with Crippen LogP contribution in [0.25, 0.3) is 0 Å². The van der Waals surface area contributed by atoms with Gasteiger partial charge in [-0.3, -0.25) is 0 Å². The summed E-state index contributed by atoms with van der Waals surface area (Å²) in [5.41, 5.74) is -1.70. The lowest BCUT2D eigenvalue weighted by molar-refractivity contribution is 0.132. The van der Waals surface area contributed by atoms with Gasteiger partial charge in [-0.1, -0.05) is 59.6 Å². The minimum Gasteiger partial charge on any atom is -0.333 e. The zero-order valence-electron chi connectivity index (χ0n) is 5.49. The van der Waals surface area contributed by atoms with Gasteiger partial charge in [0.1, 0.15) is 0 Å². The molecule has 0 heterocycles. The number of hydrogen-bond donors (Lipinski definition) is 0. The van der Waals surface area contributed by atoms with Gasteiger partial charge in [-0.2, -0.15) is 0 Å². The third-order valence-electron chi connectivity index (χ3n) is 0.731. The highest BCUT2D eigenvalue weighted by atomic mass is 35.5. The van der Waals surface area contributed by atoms with Crippen LogP contribution in [0.5, 0.6) is 0 Å². The average Bonchev–Trinajstić information content (AvgIpc) is 1.87. The Morgan fingerprint density at radius 3 is 1.45 bits per heavy atom. The Hall–Kier alpha value is 0.600. The van der Waals surface area contributed by atoms with Gasteiger partial charge in [0.25, 0.3) is 0 Å².